The summed E-state index contributed by atoms with van der Waals surface area (Å²) >= 11 is 0. The molecule has 3 aromatic carbocycles. The molecule has 0 aliphatic carbocycles. The van der Waals surface area contributed by atoms with Crippen molar-refractivity contribution in [3.63, 3.8) is 0 Å². The quantitative estimate of drug-likeness (QED) is 0.214. The van der Waals surface area contributed by atoms with E-state index in [1.807, 2.05) is 74.5 Å². The average Bonchev–Trinajstić information content (AvgIpc) is 2.98. The zero-order valence-corrected chi connectivity index (χ0v) is 24.7. The summed E-state index contributed by atoms with van der Waals surface area (Å²) in [6, 6.07) is 22.9. The maximum Gasteiger partial charge on any atom is 0.265 e. The summed E-state index contributed by atoms with van der Waals surface area (Å²) in [4.78, 5) is 26.6. The van der Waals surface area contributed by atoms with E-state index >= 15 is 0 Å². The zero-order chi connectivity index (χ0) is 29.1. The third kappa shape index (κ3) is 7.87. The maximum absolute atomic E-state index is 13.3. The molecule has 0 saturated heterocycles. The molecule has 3 rings (SSSR count). The molecule has 2 amide bonds. The molecule has 6 nitrogen and oxygen atoms in total. The predicted molar refractivity (Wildman–Crippen MR) is 163 cm³/mol. The molecule has 0 aromatic heterocycles. The molecule has 0 heterocycles. The van der Waals surface area contributed by atoms with Gasteiger partial charge in [-0.2, -0.15) is 0 Å². The van der Waals surface area contributed by atoms with Gasteiger partial charge in [-0.25, -0.2) is 0 Å². The number of nitrogens with one attached hydrogen (secondary N) is 2. The van der Waals surface area contributed by atoms with Crippen molar-refractivity contribution in [3.05, 3.63) is 83.9 Å². The van der Waals surface area contributed by atoms with Gasteiger partial charge in [0.05, 0.1) is 11.4 Å². The van der Waals surface area contributed by atoms with Crippen LogP contribution in [0.1, 0.15) is 90.2 Å². The third-order valence-corrected chi connectivity index (χ3v) is 7.43. The van der Waals surface area contributed by atoms with Gasteiger partial charge in [-0.15, -0.1) is 0 Å². The number of benzene rings is 3. The number of carbonyl (C=O) groups is 2. The van der Waals surface area contributed by atoms with Crippen LogP contribution in [0.2, 0.25) is 0 Å². The predicted octanol–water partition coefficient (Wildman–Crippen LogP) is 8.31. The first-order chi connectivity index (χ1) is 19.3. The molecule has 2 N–H and O–H groups in total. The molecule has 0 bridgehead atoms. The lowest BCUT2D eigenvalue weighted by Gasteiger charge is -2.23. The van der Waals surface area contributed by atoms with Crippen molar-refractivity contribution < 1.29 is 19.1 Å². The summed E-state index contributed by atoms with van der Waals surface area (Å²) in [6.45, 7) is 12.4. The summed E-state index contributed by atoms with van der Waals surface area (Å²) in [6.07, 6.45) is 1.58. The Kier molecular flexibility index (Phi) is 11.6. The summed E-state index contributed by atoms with van der Waals surface area (Å²) in [5.41, 5.74) is 3.19. The monoisotopic (exact) mass is 544 g/mol. The van der Waals surface area contributed by atoms with Gasteiger partial charge >= 0.3 is 0 Å². The van der Waals surface area contributed by atoms with Crippen LogP contribution in [-0.2, 0) is 9.59 Å². The second-order valence-electron chi connectivity index (χ2n) is 10.2. The van der Waals surface area contributed by atoms with Crippen molar-refractivity contribution in [3.8, 4) is 11.5 Å². The van der Waals surface area contributed by atoms with Crippen LogP contribution in [-0.4, -0.2) is 24.0 Å². The SMILES string of the molecule is CCC(Oc1ccccc1C(C)CC)C(=O)Nc1ccccc1NC(=O)C(CC)Oc1ccccc1C(C)CC. The molecular formula is C34H44N2O4. The van der Waals surface area contributed by atoms with Crippen LogP contribution in [0.25, 0.3) is 0 Å². The molecule has 214 valence electrons. The largest absolute Gasteiger partial charge is 0.480 e. The molecule has 4 unspecified atom stereocenters. The number of hydrogen-bond donors (Lipinski definition) is 2. The molecule has 0 saturated carbocycles. The van der Waals surface area contributed by atoms with E-state index in [0.717, 1.165) is 35.5 Å². The van der Waals surface area contributed by atoms with E-state index in [-0.39, 0.29) is 11.8 Å². The van der Waals surface area contributed by atoms with Crippen LogP contribution >= 0.6 is 0 Å². The fourth-order valence-electron chi connectivity index (χ4n) is 4.51. The molecule has 6 heteroatoms. The molecule has 0 radical (unpaired) electrons. The van der Waals surface area contributed by atoms with E-state index in [0.29, 0.717) is 36.1 Å². The van der Waals surface area contributed by atoms with Gasteiger partial charge in [0.1, 0.15) is 11.5 Å². The Morgan fingerprint density at radius 3 is 1.27 bits per heavy atom. The molecule has 0 aliphatic heterocycles. The van der Waals surface area contributed by atoms with Crippen molar-refractivity contribution in [1.82, 2.24) is 0 Å². The Balaban J connectivity index is 1.74. The minimum absolute atomic E-state index is 0.270. The fraction of sp³-hybridized carbons (Fsp3) is 0.412. The average molecular weight is 545 g/mol. The highest BCUT2D eigenvalue weighted by Crippen LogP contribution is 2.31. The van der Waals surface area contributed by atoms with Crippen LogP contribution in [0, 0.1) is 0 Å². The number of rotatable bonds is 14. The molecule has 0 aliphatic rings. The normalized spacial score (nSPS) is 13.9. The molecular weight excluding hydrogens is 500 g/mol. The van der Waals surface area contributed by atoms with Gasteiger partial charge in [0.25, 0.3) is 11.8 Å². The second-order valence-corrected chi connectivity index (χ2v) is 10.2. The lowest BCUT2D eigenvalue weighted by molar-refractivity contribution is -0.123. The van der Waals surface area contributed by atoms with E-state index in [1.165, 1.54) is 0 Å². The van der Waals surface area contributed by atoms with Crippen LogP contribution in [0.15, 0.2) is 72.8 Å². The van der Waals surface area contributed by atoms with Crippen molar-refractivity contribution >= 4 is 23.2 Å². The Morgan fingerprint density at radius 1 is 0.575 bits per heavy atom. The van der Waals surface area contributed by atoms with E-state index in [4.69, 9.17) is 9.47 Å². The van der Waals surface area contributed by atoms with Crippen molar-refractivity contribution in [2.24, 2.45) is 0 Å². The fourth-order valence-corrected chi connectivity index (χ4v) is 4.51. The van der Waals surface area contributed by atoms with Crippen molar-refractivity contribution in [2.45, 2.75) is 91.3 Å². The summed E-state index contributed by atoms with van der Waals surface area (Å²) in [5.74, 6) is 1.54. The Labute approximate surface area is 239 Å². The Morgan fingerprint density at radius 2 is 0.925 bits per heavy atom. The molecule has 0 spiro atoms. The van der Waals surface area contributed by atoms with Gasteiger partial charge in [-0.1, -0.05) is 90.1 Å². The molecule has 40 heavy (non-hydrogen) atoms. The lowest BCUT2D eigenvalue weighted by Crippen LogP contribution is -2.34. The standard InChI is InChI=1S/C34H44N2O4/c1-7-23(5)25-17-11-15-21-31(25)39-29(9-3)33(37)35-27-19-13-14-20-28(27)36-34(38)30(10-4)40-32-22-16-12-18-26(32)24(6)8-2/h11-24,29-30H,7-10H2,1-6H3,(H,35,37)(H,36,38). The smallest absolute Gasteiger partial charge is 0.265 e. The lowest BCUT2D eigenvalue weighted by atomic mass is 9.98. The second kappa shape index (κ2) is 15.1. The van der Waals surface area contributed by atoms with Crippen LogP contribution < -0.4 is 20.1 Å². The third-order valence-electron chi connectivity index (χ3n) is 7.43. The summed E-state index contributed by atoms with van der Waals surface area (Å²) in [7, 11) is 0. The highest BCUT2D eigenvalue weighted by molar-refractivity contribution is 6.02. The number of para-hydroxylation sites is 4. The summed E-state index contributed by atoms with van der Waals surface area (Å²) < 4.78 is 12.4. The minimum Gasteiger partial charge on any atom is -0.480 e. The van der Waals surface area contributed by atoms with Gasteiger partial charge in [-0.3, -0.25) is 9.59 Å². The van der Waals surface area contributed by atoms with Crippen molar-refractivity contribution in [1.29, 1.82) is 0 Å². The molecule has 0 fully saturated rings. The topological polar surface area (TPSA) is 76.7 Å². The van der Waals surface area contributed by atoms with E-state index < -0.39 is 12.2 Å². The van der Waals surface area contributed by atoms with E-state index in [9.17, 15) is 9.59 Å². The molecule has 3 aromatic rings. The van der Waals surface area contributed by atoms with Crippen LogP contribution in [0.5, 0.6) is 11.5 Å². The number of ether oxygens (including phenoxy) is 2. The highest BCUT2D eigenvalue weighted by Gasteiger charge is 2.24. The molecule has 4 atom stereocenters. The van der Waals surface area contributed by atoms with Gasteiger partial charge in [-0.05, 0) is 72.9 Å². The minimum atomic E-state index is -0.683. The maximum atomic E-state index is 13.3. The number of hydrogen-bond acceptors (Lipinski definition) is 4. The number of anilines is 2. The van der Waals surface area contributed by atoms with Gasteiger partial charge in [0.2, 0.25) is 0 Å². The van der Waals surface area contributed by atoms with E-state index in [1.54, 1.807) is 12.1 Å². The Hall–Kier alpha value is -3.80. The van der Waals surface area contributed by atoms with Gasteiger partial charge < -0.3 is 20.1 Å². The number of carbonyl (C=O) groups excluding carboxylic acids is 2. The number of amides is 2. The first kappa shape index (κ1) is 30.7. The highest BCUT2D eigenvalue weighted by atomic mass is 16.5. The van der Waals surface area contributed by atoms with Crippen LogP contribution in [0.4, 0.5) is 11.4 Å². The van der Waals surface area contributed by atoms with Gasteiger partial charge in [0.15, 0.2) is 12.2 Å². The zero-order valence-electron chi connectivity index (χ0n) is 24.7. The van der Waals surface area contributed by atoms with Gasteiger partial charge in [0, 0.05) is 0 Å². The van der Waals surface area contributed by atoms with E-state index in [2.05, 4.69) is 38.3 Å². The van der Waals surface area contributed by atoms with Crippen molar-refractivity contribution in [2.75, 3.05) is 10.6 Å². The first-order valence-electron chi connectivity index (χ1n) is 14.5. The Bertz CT molecular complexity index is 1160. The first-order valence-corrected chi connectivity index (χ1v) is 14.5. The van der Waals surface area contributed by atoms with Crippen LogP contribution in [0.3, 0.4) is 0 Å². The summed E-state index contributed by atoms with van der Waals surface area (Å²) in [5, 5.41) is 5.94.